The number of amides is 1. The maximum atomic E-state index is 12.3. The van der Waals surface area contributed by atoms with E-state index in [-0.39, 0.29) is 11.3 Å². The van der Waals surface area contributed by atoms with E-state index in [4.69, 9.17) is 9.47 Å². The minimum Gasteiger partial charge on any atom is -0.492 e. The van der Waals surface area contributed by atoms with E-state index in [0.717, 1.165) is 17.1 Å². The zero-order valence-electron chi connectivity index (χ0n) is 17.9. The third kappa shape index (κ3) is 6.29. The lowest BCUT2D eigenvalue weighted by Crippen LogP contribution is -2.38. The Morgan fingerprint density at radius 2 is 1.64 bits per heavy atom. The Bertz CT molecular complexity index is 760. The molecule has 152 valence electrons. The first-order valence-corrected chi connectivity index (χ1v) is 9.95. The molecule has 4 heteroatoms. The number of ether oxygens (including phenoxy) is 2. The summed E-state index contributed by atoms with van der Waals surface area (Å²) in [5, 5.41) is 2.87. The van der Waals surface area contributed by atoms with Crippen LogP contribution in [0.3, 0.4) is 0 Å². The van der Waals surface area contributed by atoms with Crippen LogP contribution in [0.15, 0.2) is 48.5 Å². The summed E-state index contributed by atoms with van der Waals surface area (Å²) in [6.45, 7) is 13.4. The quantitative estimate of drug-likeness (QED) is 0.648. The first kappa shape index (κ1) is 21.8. The van der Waals surface area contributed by atoms with Crippen LogP contribution in [0.1, 0.15) is 58.6 Å². The fraction of sp³-hybridized carbons (Fsp3) is 0.458. The predicted molar refractivity (Wildman–Crippen MR) is 114 cm³/mol. The summed E-state index contributed by atoms with van der Waals surface area (Å²) in [6.07, 6.45) is -0.564. The van der Waals surface area contributed by atoms with Crippen molar-refractivity contribution in [2.75, 3.05) is 13.2 Å². The van der Waals surface area contributed by atoms with Crippen LogP contribution in [-0.4, -0.2) is 25.2 Å². The summed E-state index contributed by atoms with van der Waals surface area (Å²) in [6, 6.07) is 15.9. The highest BCUT2D eigenvalue weighted by atomic mass is 16.5. The molecule has 2 aromatic carbocycles. The largest absolute Gasteiger partial charge is 0.492 e. The standard InChI is InChI=1S/C24H33NO3/c1-17(2)21-9-7-8-10-22(21)28-18(3)23(26)25-15-16-27-20-13-11-19(12-14-20)24(4,5)6/h7-14,17-18H,15-16H2,1-6H3,(H,25,26). The summed E-state index contributed by atoms with van der Waals surface area (Å²) in [7, 11) is 0. The summed E-state index contributed by atoms with van der Waals surface area (Å²) in [4.78, 5) is 12.3. The lowest BCUT2D eigenvalue weighted by atomic mass is 9.87. The van der Waals surface area contributed by atoms with Gasteiger partial charge in [-0.2, -0.15) is 0 Å². The van der Waals surface area contributed by atoms with Crippen molar-refractivity contribution in [1.29, 1.82) is 0 Å². The number of carbonyl (C=O) groups excluding carboxylic acids is 1. The van der Waals surface area contributed by atoms with Crippen LogP contribution in [0.2, 0.25) is 0 Å². The Morgan fingerprint density at radius 1 is 1.00 bits per heavy atom. The van der Waals surface area contributed by atoms with E-state index < -0.39 is 6.10 Å². The Kier molecular flexibility index (Phi) is 7.50. The first-order chi connectivity index (χ1) is 13.2. The molecule has 0 heterocycles. The second-order valence-electron chi connectivity index (χ2n) is 8.37. The van der Waals surface area contributed by atoms with E-state index in [1.54, 1.807) is 6.92 Å². The zero-order valence-corrected chi connectivity index (χ0v) is 17.9. The van der Waals surface area contributed by atoms with Crippen molar-refractivity contribution in [2.24, 2.45) is 0 Å². The minimum atomic E-state index is -0.564. The Hall–Kier alpha value is -2.49. The highest BCUT2D eigenvalue weighted by molar-refractivity contribution is 5.80. The molecular weight excluding hydrogens is 350 g/mol. The smallest absolute Gasteiger partial charge is 0.260 e. The second-order valence-corrected chi connectivity index (χ2v) is 8.37. The molecule has 0 fully saturated rings. The maximum absolute atomic E-state index is 12.3. The molecule has 2 aromatic rings. The third-order valence-electron chi connectivity index (χ3n) is 4.60. The van der Waals surface area contributed by atoms with Crippen LogP contribution in [-0.2, 0) is 10.2 Å². The van der Waals surface area contributed by atoms with E-state index >= 15 is 0 Å². The molecule has 2 rings (SSSR count). The molecule has 0 bridgehead atoms. The average molecular weight is 384 g/mol. The molecule has 1 N–H and O–H groups in total. The summed E-state index contributed by atoms with van der Waals surface area (Å²) in [5.74, 6) is 1.75. The third-order valence-corrected chi connectivity index (χ3v) is 4.60. The number of hydrogen-bond donors (Lipinski definition) is 1. The number of para-hydroxylation sites is 1. The number of carbonyl (C=O) groups is 1. The van der Waals surface area contributed by atoms with Gasteiger partial charge in [-0.25, -0.2) is 0 Å². The molecule has 0 spiro atoms. The lowest BCUT2D eigenvalue weighted by molar-refractivity contribution is -0.127. The van der Waals surface area contributed by atoms with Crippen LogP contribution >= 0.6 is 0 Å². The molecule has 0 saturated heterocycles. The summed E-state index contributed by atoms with van der Waals surface area (Å²) >= 11 is 0. The number of hydrogen-bond acceptors (Lipinski definition) is 3. The number of benzene rings is 2. The van der Waals surface area contributed by atoms with Crippen molar-refractivity contribution in [2.45, 2.75) is 59.0 Å². The summed E-state index contributed by atoms with van der Waals surface area (Å²) < 4.78 is 11.6. The van der Waals surface area contributed by atoms with E-state index in [1.165, 1.54) is 5.56 Å². The van der Waals surface area contributed by atoms with Crippen molar-refractivity contribution in [1.82, 2.24) is 5.32 Å². The van der Waals surface area contributed by atoms with Crippen LogP contribution in [0.4, 0.5) is 0 Å². The van der Waals surface area contributed by atoms with Gasteiger partial charge >= 0.3 is 0 Å². The highest BCUT2D eigenvalue weighted by Crippen LogP contribution is 2.27. The molecule has 0 saturated carbocycles. The number of nitrogens with one attached hydrogen (secondary N) is 1. The molecule has 0 radical (unpaired) electrons. The molecule has 0 aromatic heterocycles. The molecule has 0 aliphatic heterocycles. The van der Waals surface area contributed by atoms with Gasteiger partial charge < -0.3 is 14.8 Å². The number of rotatable bonds is 8. The average Bonchev–Trinajstić information content (AvgIpc) is 2.65. The first-order valence-electron chi connectivity index (χ1n) is 9.95. The van der Waals surface area contributed by atoms with Gasteiger partial charge in [-0.15, -0.1) is 0 Å². The van der Waals surface area contributed by atoms with Crippen LogP contribution in [0.5, 0.6) is 11.5 Å². The maximum Gasteiger partial charge on any atom is 0.260 e. The Morgan fingerprint density at radius 3 is 2.25 bits per heavy atom. The molecule has 4 nitrogen and oxygen atoms in total. The fourth-order valence-corrected chi connectivity index (χ4v) is 2.85. The van der Waals surface area contributed by atoms with Crippen LogP contribution in [0.25, 0.3) is 0 Å². The summed E-state index contributed by atoms with van der Waals surface area (Å²) in [5.41, 5.74) is 2.49. The molecule has 1 atom stereocenters. The molecule has 28 heavy (non-hydrogen) atoms. The van der Waals surface area contributed by atoms with Crippen LogP contribution in [0, 0.1) is 0 Å². The van der Waals surface area contributed by atoms with Crippen molar-refractivity contribution in [3.8, 4) is 11.5 Å². The van der Waals surface area contributed by atoms with Gasteiger partial charge in [0.25, 0.3) is 5.91 Å². The molecule has 0 aliphatic rings. The van der Waals surface area contributed by atoms with Gasteiger partial charge in [0.2, 0.25) is 0 Å². The van der Waals surface area contributed by atoms with Gasteiger partial charge in [-0.05, 0) is 47.6 Å². The SMILES string of the molecule is CC(Oc1ccccc1C(C)C)C(=O)NCCOc1ccc(C(C)(C)C)cc1. The van der Waals surface area contributed by atoms with Crippen LogP contribution < -0.4 is 14.8 Å². The van der Waals surface area contributed by atoms with Gasteiger partial charge in [-0.1, -0.05) is 65.0 Å². The molecule has 1 amide bonds. The van der Waals surface area contributed by atoms with Gasteiger partial charge in [-0.3, -0.25) is 4.79 Å². The van der Waals surface area contributed by atoms with E-state index in [1.807, 2.05) is 36.4 Å². The van der Waals surface area contributed by atoms with E-state index in [0.29, 0.717) is 19.1 Å². The lowest BCUT2D eigenvalue weighted by Gasteiger charge is -2.19. The normalized spacial score (nSPS) is 12.5. The Labute approximate surface area is 169 Å². The predicted octanol–water partition coefficient (Wildman–Crippen LogP) is 5.07. The van der Waals surface area contributed by atoms with Crippen molar-refractivity contribution < 1.29 is 14.3 Å². The van der Waals surface area contributed by atoms with Gasteiger partial charge in [0.1, 0.15) is 18.1 Å². The monoisotopic (exact) mass is 383 g/mol. The second kappa shape index (κ2) is 9.63. The molecule has 0 aliphatic carbocycles. The Balaban J connectivity index is 1.78. The highest BCUT2D eigenvalue weighted by Gasteiger charge is 2.17. The van der Waals surface area contributed by atoms with E-state index in [9.17, 15) is 4.79 Å². The molecular formula is C24H33NO3. The van der Waals surface area contributed by atoms with Gasteiger partial charge in [0.15, 0.2) is 6.10 Å². The molecule has 1 unspecified atom stereocenters. The van der Waals surface area contributed by atoms with Crippen molar-refractivity contribution >= 4 is 5.91 Å². The van der Waals surface area contributed by atoms with Gasteiger partial charge in [0, 0.05) is 0 Å². The topological polar surface area (TPSA) is 47.6 Å². The van der Waals surface area contributed by atoms with Crippen molar-refractivity contribution in [3.05, 3.63) is 59.7 Å². The zero-order chi connectivity index (χ0) is 20.7. The van der Waals surface area contributed by atoms with Gasteiger partial charge in [0.05, 0.1) is 6.54 Å². The van der Waals surface area contributed by atoms with Crippen molar-refractivity contribution in [3.63, 3.8) is 0 Å². The van der Waals surface area contributed by atoms with E-state index in [2.05, 4.69) is 52.1 Å². The minimum absolute atomic E-state index is 0.122. The fourth-order valence-electron chi connectivity index (χ4n) is 2.85.